The Morgan fingerprint density at radius 2 is 1.95 bits per heavy atom. The zero-order valence-electron chi connectivity index (χ0n) is 11.0. The van der Waals surface area contributed by atoms with Crippen LogP contribution >= 0.6 is 0 Å². The van der Waals surface area contributed by atoms with Crippen LogP contribution < -0.4 is 5.32 Å². The largest absolute Gasteiger partial charge is 0.338 e. The number of rotatable bonds is 5. The van der Waals surface area contributed by atoms with Gasteiger partial charge in [-0.3, -0.25) is 0 Å². The van der Waals surface area contributed by atoms with Gasteiger partial charge in [-0.2, -0.15) is 0 Å². The molecule has 19 heavy (non-hydrogen) atoms. The van der Waals surface area contributed by atoms with Crippen molar-refractivity contribution >= 4 is 0 Å². The fourth-order valence-electron chi connectivity index (χ4n) is 2.11. The van der Waals surface area contributed by atoms with Gasteiger partial charge in [-0.05, 0) is 24.2 Å². The second-order valence-electron chi connectivity index (χ2n) is 4.47. The summed E-state index contributed by atoms with van der Waals surface area (Å²) in [6.45, 7) is 2.67. The Morgan fingerprint density at radius 1 is 1.26 bits per heavy atom. The Morgan fingerprint density at radius 3 is 2.47 bits per heavy atom. The van der Waals surface area contributed by atoms with Gasteiger partial charge in [-0.15, -0.1) is 0 Å². The number of hydrogen-bond donors (Lipinski definition) is 1. The molecule has 0 aliphatic rings. The maximum atomic E-state index is 13.3. The van der Waals surface area contributed by atoms with Gasteiger partial charge in [0, 0.05) is 38.0 Å². The Balaban J connectivity index is 2.26. The first-order chi connectivity index (χ1) is 9.10. The van der Waals surface area contributed by atoms with Gasteiger partial charge in [-0.25, -0.2) is 13.8 Å². The predicted molar refractivity (Wildman–Crippen MR) is 69.7 cm³/mol. The minimum absolute atomic E-state index is 0.156. The molecule has 1 N–H and O–H groups in total. The summed E-state index contributed by atoms with van der Waals surface area (Å²) in [6, 6.07) is 3.45. The first-order valence-corrected chi connectivity index (χ1v) is 6.25. The third-order valence-electron chi connectivity index (χ3n) is 3.05. The maximum Gasteiger partial charge on any atom is 0.126 e. The molecule has 3 nitrogen and oxygen atoms in total. The van der Waals surface area contributed by atoms with Crippen molar-refractivity contribution in [2.45, 2.75) is 19.4 Å². The summed E-state index contributed by atoms with van der Waals surface area (Å²) >= 11 is 0. The van der Waals surface area contributed by atoms with Crippen molar-refractivity contribution in [2.75, 3.05) is 6.54 Å². The first kappa shape index (κ1) is 13.7. The van der Waals surface area contributed by atoms with E-state index < -0.39 is 11.6 Å². The summed E-state index contributed by atoms with van der Waals surface area (Å²) in [7, 11) is 1.90. The van der Waals surface area contributed by atoms with E-state index in [2.05, 4.69) is 10.3 Å². The number of likely N-dealkylation sites (N-methyl/N-ethyl adjacent to an activating group) is 1. The molecule has 0 fully saturated rings. The summed E-state index contributed by atoms with van der Waals surface area (Å²) in [4.78, 5) is 4.24. The van der Waals surface area contributed by atoms with E-state index in [1.807, 2.05) is 24.7 Å². The fraction of sp³-hybridized carbons (Fsp3) is 0.357. The molecule has 0 spiro atoms. The summed E-state index contributed by atoms with van der Waals surface area (Å²) < 4.78 is 28.5. The number of halogens is 2. The molecule has 2 aromatic rings. The van der Waals surface area contributed by atoms with Crippen LogP contribution in [-0.4, -0.2) is 16.1 Å². The second-order valence-corrected chi connectivity index (χ2v) is 4.47. The number of hydrogen-bond acceptors (Lipinski definition) is 2. The number of nitrogens with one attached hydrogen (secondary N) is 1. The minimum Gasteiger partial charge on any atom is -0.338 e. The van der Waals surface area contributed by atoms with Crippen LogP contribution in [0.5, 0.6) is 0 Å². The van der Waals surface area contributed by atoms with Gasteiger partial charge in [-0.1, -0.05) is 6.92 Å². The van der Waals surface area contributed by atoms with E-state index in [0.717, 1.165) is 11.9 Å². The quantitative estimate of drug-likeness (QED) is 0.900. The van der Waals surface area contributed by atoms with E-state index in [9.17, 15) is 8.78 Å². The third-order valence-corrected chi connectivity index (χ3v) is 3.05. The highest BCUT2D eigenvalue weighted by atomic mass is 19.1. The van der Waals surface area contributed by atoms with Crippen LogP contribution in [0.1, 0.15) is 24.4 Å². The highest BCUT2D eigenvalue weighted by Crippen LogP contribution is 2.20. The molecule has 1 unspecified atom stereocenters. The molecular formula is C14H17F2N3. The lowest BCUT2D eigenvalue weighted by atomic mass is 10.0. The minimum atomic E-state index is -0.558. The van der Waals surface area contributed by atoms with E-state index >= 15 is 0 Å². The van der Waals surface area contributed by atoms with E-state index in [0.29, 0.717) is 18.5 Å². The van der Waals surface area contributed by atoms with Crippen LogP contribution in [0.2, 0.25) is 0 Å². The van der Waals surface area contributed by atoms with Gasteiger partial charge < -0.3 is 9.88 Å². The lowest BCUT2D eigenvalue weighted by Gasteiger charge is -2.18. The average molecular weight is 265 g/mol. The normalized spacial score (nSPS) is 12.6. The summed E-state index contributed by atoms with van der Waals surface area (Å²) in [5.41, 5.74) is 0.599. The van der Waals surface area contributed by atoms with Crippen molar-refractivity contribution in [3.05, 3.63) is 53.6 Å². The highest BCUT2D eigenvalue weighted by molar-refractivity contribution is 5.22. The van der Waals surface area contributed by atoms with Crippen molar-refractivity contribution in [2.24, 2.45) is 7.05 Å². The van der Waals surface area contributed by atoms with Gasteiger partial charge in [0.05, 0.1) is 0 Å². The zero-order chi connectivity index (χ0) is 13.8. The monoisotopic (exact) mass is 265 g/mol. The van der Waals surface area contributed by atoms with Crippen LogP contribution in [0.3, 0.4) is 0 Å². The predicted octanol–water partition coefficient (Wildman–Crippen LogP) is 2.59. The van der Waals surface area contributed by atoms with Crippen LogP contribution in [0.25, 0.3) is 0 Å². The molecular weight excluding hydrogens is 248 g/mol. The SMILES string of the molecule is CCNC(Cc1nccn1C)c1cc(F)cc(F)c1. The summed E-state index contributed by atoms with van der Waals surface area (Å²) in [5.74, 6) is -0.244. The molecule has 2 rings (SSSR count). The molecule has 0 bridgehead atoms. The van der Waals surface area contributed by atoms with Gasteiger partial charge >= 0.3 is 0 Å². The molecule has 1 atom stereocenters. The van der Waals surface area contributed by atoms with Crippen molar-refractivity contribution < 1.29 is 8.78 Å². The number of benzene rings is 1. The Labute approximate surface area is 111 Å². The Kier molecular flexibility index (Phi) is 4.27. The smallest absolute Gasteiger partial charge is 0.126 e. The Hall–Kier alpha value is -1.75. The number of nitrogens with zero attached hydrogens (tertiary/aromatic N) is 2. The molecule has 5 heteroatoms. The number of aromatic nitrogens is 2. The molecule has 1 aromatic heterocycles. The van der Waals surface area contributed by atoms with Crippen LogP contribution in [-0.2, 0) is 13.5 Å². The van der Waals surface area contributed by atoms with Crippen molar-refractivity contribution in [3.63, 3.8) is 0 Å². The summed E-state index contributed by atoms with van der Waals surface area (Å²) in [6.07, 6.45) is 4.15. The molecule has 1 aromatic carbocycles. The van der Waals surface area contributed by atoms with Crippen molar-refractivity contribution in [1.82, 2.24) is 14.9 Å². The molecule has 0 radical (unpaired) electrons. The fourth-order valence-corrected chi connectivity index (χ4v) is 2.11. The van der Waals surface area contributed by atoms with Gasteiger partial charge in [0.25, 0.3) is 0 Å². The van der Waals surface area contributed by atoms with Crippen molar-refractivity contribution in [1.29, 1.82) is 0 Å². The van der Waals surface area contributed by atoms with Crippen molar-refractivity contribution in [3.8, 4) is 0 Å². The zero-order valence-corrected chi connectivity index (χ0v) is 11.0. The summed E-state index contributed by atoms with van der Waals surface area (Å²) in [5, 5.41) is 3.23. The molecule has 0 aliphatic heterocycles. The van der Waals surface area contributed by atoms with Gasteiger partial charge in [0.15, 0.2) is 0 Å². The van der Waals surface area contributed by atoms with E-state index in [4.69, 9.17) is 0 Å². The standard InChI is InChI=1S/C14H17F2N3/c1-3-17-13(9-14-18-4-5-19(14)2)10-6-11(15)8-12(16)7-10/h4-8,13,17H,3,9H2,1-2H3. The Bertz CT molecular complexity index is 531. The highest BCUT2D eigenvalue weighted by Gasteiger charge is 2.15. The van der Waals surface area contributed by atoms with E-state index in [1.165, 1.54) is 12.1 Å². The molecule has 1 heterocycles. The van der Waals surface area contributed by atoms with Gasteiger partial charge in [0.1, 0.15) is 17.5 Å². The molecule has 0 amide bonds. The molecule has 102 valence electrons. The lowest BCUT2D eigenvalue weighted by Crippen LogP contribution is -2.24. The van der Waals surface area contributed by atoms with Crippen LogP contribution in [0.4, 0.5) is 8.78 Å². The average Bonchev–Trinajstić information content (AvgIpc) is 2.73. The van der Waals surface area contributed by atoms with Crippen LogP contribution in [0.15, 0.2) is 30.6 Å². The van der Waals surface area contributed by atoms with Crippen LogP contribution in [0, 0.1) is 11.6 Å². The lowest BCUT2D eigenvalue weighted by molar-refractivity contribution is 0.514. The first-order valence-electron chi connectivity index (χ1n) is 6.25. The van der Waals surface area contributed by atoms with E-state index in [1.54, 1.807) is 6.20 Å². The van der Waals surface area contributed by atoms with E-state index in [-0.39, 0.29) is 6.04 Å². The topological polar surface area (TPSA) is 29.9 Å². The molecule has 0 saturated heterocycles. The van der Waals surface area contributed by atoms with Gasteiger partial charge in [0.2, 0.25) is 0 Å². The second kappa shape index (κ2) is 5.93. The molecule has 0 aliphatic carbocycles. The number of imidazole rings is 1. The third kappa shape index (κ3) is 3.38. The maximum absolute atomic E-state index is 13.3. The number of aryl methyl sites for hydroxylation is 1. The molecule has 0 saturated carbocycles.